The van der Waals surface area contributed by atoms with Crippen LogP contribution in [-0.4, -0.2) is 19.3 Å². The molecule has 2 aromatic rings. The van der Waals surface area contributed by atoms with Crippen molar-refractivity contribution in [3.8, 4) is 0 Å². The lowest BCUT2D eigenvalue weighted by Gasteiger charge is -2.07. The fourth-order valence-electron chi connectivity index (χ4n) is 1.47. The highest BCUT2D eigenvalue weighted by Crippen LogP contribution is 2.23. The van der Waals surface area contributed by atoms with E-state index in [2.05, 4.69) is 10.3 Å². The van der Waals surface area contributed by atoms with E-state index in [-0.39, 0.29) is 11.3 Å². The van der Waals surface area contributed by atoms with Crippen molar-refractivity contribution in [2.24, 2.45) is 0 Å². The molecule has 1 amide bonds. The van der Waals surface area contributed by atoms with Crippen molar-refractivity contribution in [1.29, 1.82) is 0 Å². The molecule has 0 fully saturated rings. The summed E-state index contributed by atoms with van der Waals surface area (Å²) in [5, 5.41) is 2.34. The molecule has 0 aliphatic rings. The lowest BCUT2D eigenvalue weighted by Crippen LogP contribution is -2.14. The third-order valence-electron chi connectivity index (χ3n) is 2.32. The summed E-state index contributed by atoms with van der Waals surface area (Å²) >= 11 is 0. The number of nitrogens with one attached hydrogen (secondary N) is 1. The largest absolute Gasteiger partial charge is 0.334 e. The van der Waals surface area contributed by atoms with Crippen LogP contribution in [0.15, 0.2) is 53.7 Å². The summed E-state index contributed by atoms with van der Waals surface area (Å²) < 4.78 is 34.9. The van der Waals surface area contributed by atoms with Gasteiger partial charge in [-0.1, -0.05) is 12.1 Å². The SMILES string of the molecule is O=C(Nc1ccccc1S(=O)(=O)F)c1cccnc1. The van der Waals surface area contributed by atoms with Crippen LogP contribution in [0.5, 0.6) is 0 Å². The fraction of sp³-hybridized carbons (Fsp3) is 0. The van der Waals surface area contributed by atoms with Gasteiger partial charge in [0.05, 0.1) is 11.3 Å². The number of carbonyl (C=O) groups excluding carboxylic acids is 1. The van der Waals surface area contributed by atoms with Gasteiger partial charge in [0.2, 0.25) is 0 Å². The Balaban J connectivity index is 2.33. The van der Waals surface area contributed by atoms with Crippen molar-refractivity contribution < 1.29 is 17.1 Å². The number of pyridine rings is 1. The summed E-state index contributed by atoms with van der Waals surface area (Å²) in [6, 6.07) is 8.32. The third kappa shape index (κ3) is 3.14. The average Bonchev–Trinajstić information content (AvgIpc) is 2.39. The van der Waals surface area contributed by atoms with Crippen LogP contribution in [-0.2, 0) is 10.2 Å². The molecular weight excluding hydrogens is 271 g/mol. The molecule has 1 aromatic carbocycles. The van der Waals surface area contributed by atoms with Crippen LogP contribution in [0.4, 0.5) is 9.57 Å². The Morgan fingerprint density at radius 2 is 1.89 bits per heavy atom. The van der Waals surface area contributed by atoms with E-state index in [4.69, 9.17) is 0 Å². The Kier molecular flexibility index (Phi) is 3.57. The summed E-state index contributed by atoms with van der Waals surface area (Å²) in [5.74, 6) is -0.566. The molecule has 0 radical (unpaired) electrons. The number of anilines is 1. The number of amides is 1. The number of carbonyl (C=O) groups is 1. The molecule has 7 heteroatoms. The van der Waals surface area contributed by atoms with E-state index in [0.29, 0.717) is 0 Å². The molecule has 5 nitrogen and oxygen atoms in total. The quantitative estimate of drug-likeness (QED) is 0.872. The highest BCUT2D eigenvalue weighted by molar-refractivity contribution is 7.86. The molecule has 1 aromatic heterocycles. The van der Waals surface area contributed by atoms with Gasteiger partial charge >= 0.3 is 10.2 Å². The Morgan fingerprint density at radius 1 is 1.16 bits per heavy atom. The minimum Gasteiger partial charge on any atom is -0.321 e. The van der Waals surface area contributed by atoms with Gasteiger partial charge < -0.3 is 5.32 Å². The molecule has 0 spiro atoms. The second kappa shape index (κ2) is 5.15. The van der Waals surface area contributed by atoms with Gasteiger partial charge in [0, 0.05) is 12.4 Å². The molecule has 0 unspecified atom stereocenters. The number of rotatable bonds is 3. The lowest BCUT2D eigenvalue weighted by molar-refractivity contribution is 0.102. The monoisotopic (exact) mass is 280 g/mol. The third-order valence-corrected chi connectivity index (χ3v) is 3.20. The van der Waals surface area contributed by atoms with Crippen molar-refractivity contribution in [3.05, 3.63) is 54.4 Å². The van der Waals surface area contributed by atoms with Gasteiger partial charge in [0.25, 0.3) is 5.91 Å². The van der Waals surface area contributed by atoms with Gasteiger partial charge in [-0.3, -0.25) is 9.78 Å². The number of halogens is 1. The van der Waals surface area contributed by atoms with Crippen LogP contribution in [0.25, 0.3) is 0 Å². The van der Waals surface area contributed by atoms with Crippen LogP contribution in [0.3, 0.4) is 0 Å². The van der Waals surface area contributed by atoms with Crippen molar-refractivity contribution >= 4 is 21.8 Å². The second-order valence-electron chi connectivity index (χ2n) is 3.63. The van der Waals surface area contributed by atoms with Crippen molar-refractivity contribution in [1.82, 2.24) is 4.98 Å². The fourth-order valence-corrected chi connectivity index (χ4v) is 2.10. The first-order chi connectivity index (χ1) is 8.98. The molecule has 19 heavy (non-hydrogen) atoms. The Labute approximate surface area is 109 Å². The molecule has 0 bridgehead atoms. The van der Waals surface area contributed by atoms with Gasteiger partial charge in [0.15, 0.2) is 0 Å². The van der Waals surface area contributed by atoms with E-state index in [1.165, 1.54) is 36.7 Å². The zero-order valence-electron chi connectivity index (χ0n) is 9.58. The number of hydrogen-bond donors (Lipinski definition) is 1. The van der Waals surface area contributed by atoms with Gasteiger partial charge in [-0.15, -0.1) is 3.89 Å². The van der Waals surface area contributed by atoms with E-state index in [0.717, 1.165) is 6.07 Å². The van der Waals surface area contributed by atoms with Gasteiger partial charge in [-0.2, -0.15) is 8.42 Å². The van der Waals surface area contributed by atoms with E-state index in [9.17, 15) is 17.1 Å². The smallest absolute Gasteiger partial charge is 0.321 e. The predicted octanol–water partition coefficient (Wildman–Crippen LogP) is 1.99. The zero-order chi connectivity index (χ0) is 13.9. The van der Waals surface area contributed by atoms with Crippen LogP contribution in [0, 0.1) is 0 Å². The predicted molar refractivity (Wildman–Crippen MR) is 66.9 cm³/mol. The highest BCUT2D eigenvalue weighted by atomic mass is 32.3. The lowest BCUT2D eigenvalue weighted by atomic mass is 10.2. The normalized spacial score (nSPS) is 11.0. The van der Waals surface area contributed by atoms with Crippen molar-refractivity contribution in [2.75, 3.05) is 5.32 Å². The Morgan fingerprint density at radius 3 is 2.53 bits per heavy atom. The number of aromatic nitrogens is 1. The van der Waals surface area contributed by atoms with E-state index >= 15 is 0 Å². The van der Waals surface area contributed by atoms with Crippen LogP contribution < -0.4 is 5.32 Å². The topological polar surface area (TPSA) is 76.1 Å². The summed E-state index contributed by atoms with van der Waals surface area (Å²) in [4.78, 5) is 15.0. The molecule has 1 heterocycles. The number of nitrogens with zero attached hydrogens (tertiary/aromatic N) is 1. The molecule has 0 aliphatic carbocycles. The minimum absolute atomic E-state index is 0.112. The second-order valence-corrected chi connectivity index (χ2v) is 4.95. The van der Waals surface area contributed by atoms with Crippen molar-refractivity contribution in [2.45, 2.75) is 4.90 Å². The molecule has 0 saturated heterocycles. The van der Waals surface area contributed by atoms with E-state index in [1.807, 2.05) is 0 Å². The number of benzene rings is 1. The molecule has 2 rings (SSSR count). The number of para-hydroxylation sites is 1. The standard InChI is InChI=1S/C12H9FN2O3S/c13-19(17,18)11-6-2-1-5-10(11)15-12(16)9-4-3-7-14-8-9/h1-8H,(H,15,16). The summed E-state index contributed by atoms with van der Waals surface area (Å²) in [5.41, 5.74) is 0.132. The molecule has 98 valence electrons. The zero-order valence-corrected chi connectivity index (χ0v) is 10.4. The first-order valence-electron chi connectivity index (χ1n) is 5.23. The van der Waals surface area contributed by atoms with Crippen LogP contribution in [0.2, 0.25) is 0 Å². The van der Waals surface area contributed by atoms with Gasteiger partial charge in [-0.25, -0.2) is 0 Å². The Bertz CT molecular complexity index is 702. The van der Waals surface area contributed by atoms with Gasteiger partial charge in [0.1, 0.15) is 4.90 Å². The molecule has 0 saturated carbocycles. The first-order valence-corrected chi connectivity index (χ1v) is 6.62. The summed E-state index contributed by atoms with van der Waals surface area (Å²) in [6.45, 7) is 0. The number of hydrogen-bond acceptors (Lipinski definition) is 4. The van der Waals surface area contributed by atoms with Crippen LogP contribution >= 0.6 is 0 Å². The summed E-state index contributed by atoms with van der Waals surface area (Å²) in [7, 11) is -4.89. The first kappa shape index (κ1) is 13.2. The maximum Gasteiger partial charge on any atom is 0.334 e. The van der Waals surface area contributed by atoms with Crippen molar-refractivity contribution in [3.63, 3.8) is 0 Å². The maximum absolute atomic E-state index is 13.0. The molecular formula is C12H9FN2O3S. The summed E-state index contributed by atoms with van der Waals surface area (Å²) in [6.07, 6.45) is 2.82. The minimum atomic E-state index is -4.89. The highest BCUT2D eigenvalue weighted by Gasteiger charge is 2.18. The maximum atomic E-state index is 13.0. The van der Waals surface area contributed by atoms with E-state index < -0.39 is 21.0 Å². The van der Waals surface area contributed by atoms with Gasteiger partial charge in [-0.05, 0) is 24.3 Å². The molecule has 0 aliphatic heterocycles. The average molecular weight is 280 g/mol. The molecule has 1 N–H and O–H groups in total. The van der Waals surface area contributed by atoms with E-state index in [1.54, 1.807) is 6.07 Å². The van der Waals surface area contributed by atoms with Crippen LogP contribution in [0.1, 0.15) is 10.4 Å². The Hall–Kier alpha value is -2.28. The molecule has 0 atom stereocenters.